The van der Waals surface area contributed by atoms with Crippen LogP contribution in [0.5, 0.6) is 0 Å². The van der Waals surface area contributed by atoms with Crippen LogP contribution in [0.15, 0.2) is 18.2 Å². The Morgan fingerprint density at radius 2 is 2.16 bits per heavy atom. The molecule has 2 N–H and O–H groups in total. The van der Waals surface area contributed by atoms with Gasteiger partial charge in [-0.15, -0.1) is 0 Å². The van der Waals surface area contributed by atoms with Crippen molar-refractivity contribution in [2.75, 3.05) is 25.0 Å². The molecule has 1 unspecified atom stereocenters. The minimum absolute atomic E-state index is 0.178. The Labute approximate surface area is 115 Å². The van der Waals surface area contributed by atoms with Gasteiger partial charge in [0.15, 0.2) is 0 Å². The first-order valence-electron chi connectivity index (χ1n) is 7.28. The zero-order valence-corrected chi connectivity index (χ0v) is 12.0. The quantitative estimate of drug-likeness (QED) is 0.853. The molecule has 0 radical (unpaired) electrons. The highest BCUT2D eigenvalue weighted by Gasteiger charge is 2.20. The average Bonchev–Trinajstić information content (AvgIpc) is 2.41. The fraction of sp³-hybridized carbons (Fsp3) is 0.667. The van der Waals surface area contributed by atoms with E-state index in [1.165, 1.54) is 0 Å². The normalized spacial score (nSPS) is 19.3. The van der Waals surface area contributed by atoms with Crippen molar-refractivity contribution in [1.29, 1.82) is 0 Å². The largest absolute Gasteiger partial charge is 0.392 e. The first kappa shape index (κ1) is 14.3. The highest BCUT2D eigenvalue weighted by atomic mass is 16.3. The average molecular weight is 263 g/mol. The van der Waals surface area contributed by atoms with Gasteiger partial charge in [-0.25, -0.2) is 4.98 Å². The second kappa shape index (κ2) is 6.87. The minimum atomic E-state index is -0.178. The van der Waals surface area contributed by atoms with Gasteiger partial charge in [-0.2, -0.15) is 0 Å². The Hall–Kier alpha value is -1.13. The molecule has 19 heavy (non-hydrogen) atoms. The Kier molecular flexibility index (Phi) is 5.16. The molecule has 1 atom stereocenters. The molecule has 0 amide bonds. The summed E-state index contributed by atoms with van der Waals surface area (Å²) in [6.45, 7) is 6.97. The highest BCUT2D eigenvalue weighted by Crippen LogP contribution is 2.16. The molecule has 1 fully saturated rings. The number of nitrogens with zero attached hydrogens (tertiary/aromatic N) is 2. The number of anilines is 1. The summed E-state index contributed by atoms with van der Waals surface area (Å²) in [5.41, 5.74) is 1.05. The molecule has 0 aromatic carbocycles. The third kappa shape index (κ3) is 4.48. The number of hydrogen-bond donors (Lipinski definition) is 2. The lowest BCUT2D eigenvalue weighted by atomic mass is 10.0. The van der Waals surface area contributed by atoms with Gasteiger partial charge in [0.1, 0.15) is 5.82 Å². The number of pyridine rings is 1. The molecule has 1 aliphatic heterocycles. The number of β-amino-alcohol motifs (C(OH)–C–C–N with tert-alkyl or cyclic N) is 1. The summed E-state index contributed by atoms with van der Waals surface area (Å²) < 4.78 is 0. The van der Waals surface area contributed by atoms with Crippen LogP contribution >= 0.6 is 0 Å². The van der Waals surface area contributed by atoms with E-state index in [4.69, 9.17) is 0 Å². The van der Waals surface area contributed by atoms with Gasteiger partial charge in [0.25, 0.3) is 0 Å². The molecule has 2 rings (SSSR count). The number of aliphatic hydroxyl groups is 1. The van der Waals surface area contributed by atoms with Gasteiger partial charge in [-0.05, 0) is 38.3 Å². The van der Waals surface area contributed by atoms with Crippen LogP contribution in [0.2, 0.25) is 0 Å². The third-order valence-corrected chi connectivity index (χ3v) is 3.77. The molecule has 0 bridgehead atoms. The van der Waals surface area contributed by atoms with Crippen LogP contribution in [-0.4, -0.2) is 46.8 Å². The minimum Gasteiger partial charge on any atom is -0.392 e. The lowest BCUT2D eigenvalue weighted by Gasteiger charge is -2.33. The van der Waals surface area contributed by atoms with E-state index < -0.39 is 0 Å². The molecule has 1 aromatic heterocycles. The van der Waals surface area contributed by atoms with Crippen molar-refractivity contribution in [3.63, 3.8) is 0 Å². The second-order valence-corrected chi connectivity index (χ2v) is 5.45. The maximum Gasteiger partial charge on any atom is 0.126 e. The van der Waals surface area contributed by atoms with Gasteiger partial charge in [-0.3, -0.25) is 0 Å². The Morgan fingerprint density at radius 3 is 2.79 bits per heavy atom. The first-order valence-corrected chi connectivity index (χ1v) is 7.28. The number of aliphatic hydroxyl groups excluding tert-OH is 1. The van der Waals surface area contributed by atoms with Crippen molar-refractivity contribution in [3.8, 4) is 0 Å². The van der Waals surface area contributed by atoms with Crippen molar-refractivity contribution in [2.24, 2.45) is 0 Å². The maximum absolute atomic E-state index is 9.67. The Balaban J connectivity index is 1.77. The van der Waals surface area contributed by atoms with E-state index in [9.17, 15) is 5.11 Å². The highest BCUT2D eigenvalue weighted by molar-refractivity contribution is 5.36. The molecule has 0 spiro atoms. The van der Waals surface area contributed by atoms with Crippen molar-refractivity contribution in [1.82, 2.24) is 9.88 Å². The van der Waals surface area contributed by atoms with E-state index >= 15 is 0 Å². The van der Waals surface area contributed by atoms with Gasteiger partial charge in [0.05, 0.1) is 6.10 Å². The summed E-state index contributed by atoms with van der Waals surface area (Å²) in [6, 6.07) is 6.58. The Morgan fingerprint density at radius 1 is 1.42 bits per heavy atom. The summed E-state index contributed by atoms with van der Waals surface area (Å²) in [4.78, 5) is 6.84. The number of hydrogen-bond acceptors (Lipinski definition) is 4. The smallest absolute Gasteiger partial charge is 0.126 e. The summed E-state index contributed by atoms with van der Waals surface area (Å²) in [7, 11) is 0. The second-order valence-electron chi connectivity index (χ2n) is 5.45. The molecule has 106 valence electrons. The van der Waals surface area contributed by atoms with Gasteiger partial charge < -0.3 is 15.3 Å². The third-order valence-electron chi connectivity index (χ3n) is 3.77. The number of likely N-dealkylation sites (tertiary alicyclic amines) is 1. The molecule has 0 aliphatic carbocycles. The first-order chi connectivity index (χ1) is 9.17. The monoisotopic (exact) mass is 263 g/mol. The predicted molar refractivity (Wildman–Crippen MR) is 78.4 cm³/mol. The molecular weight excluding hydrogens is 238 g/mol. The fourth-order valence-electron chi connectivity index (χ4n) is 2.52. The van der Waals surface area contributed by atoms with E-state index in [-0.39, 0.29) is 6.10 Å². The van der Waals surface area contributed by atoms with Crippen molar-refractivity contribution < 1.29 is 5.11 Å². The number of rotatable bonds is 5. The van der Waals surface area contributed by atoms with Crippen LogP contribution in [0.25, 0.3) is 0 Å². The van der Waals surface area contributed by atoms with E-state index in [1.807, 2.05) is 32.0 Å². The lowest BCUT2D eigenvalue weighted by Crippen LogP contribution is -2.42. The summed E-state index contributed by atoms with van der Waals surface area (Å²) in [5, 5.41) is 13.2. The van der Waals surface area contributed by atoms with Crippen LogP contribution in [0.3, 0.4) is 0 Å². The lowest BCUT2D eigenvalue weighted by molar-refractivity contribution is 0.0962. The van der Waals surface area contributed by atoms with Gasteiger partial charge in [0.2, 0.25) is 0 Å². The number of piperidine rings is 1. The standard InChI is InChI=1S/C15H25N3O/c1-3-14(19)11-18-9-7-13(8-10-18)17-15-6-4-5-12(2)16-15/h4-6,13-14,19H,3,7-11H2,1-2H3,(H,16,17). The van der Waals surface area contributed by atoms with Crippen molar-refractivity contribution in [3.05, 3.63) is 23.9 Å². The van der Waals surface area contributed by atoms with Gasteiger partial charge >= 0.3 is 0 Å². The van der Waals surface area contributed by atoms with Crippen LogP contribution in [0, 0.1) is 6.92 Å². The number of aryl methyl sites for hydroxylation is 1. The Bertz CT molecular complexity index is 389. The molecule has 2 heterocycles. The van der Waals surface area contributed by atoms with E-state index in [0.717, 1.165) is 50.4 Å². The molecule has 4 heteroatoms. The predicted octanol–water partition coefficient (Wildman–Crippen LogP) is 2.04. The van der Waals surface area contributed by atoms with Gasteiger partial charge in [0, 0.05) is 31.4 Å². The van der Waals surface area contributed by atoms with Crippen LogP contribution < -0.4 is 5.32 Å². The number of nitrogens with one attached hydrogen (secondary N) is 1. The molecule has 1 saturated heterocycles. The van der Waals surface area contributed by atoms with Crippen LogP contribution in [0.1, 0.15) is 31.9 Å². The van der Waals surface area contributed by atoms with Crippen LogP contribution in [0.4, 0.5) is 5.82 Å². The summed E-state index contributed by atoms with van der Waals surface area (Å²) in [6.07, 6.45) is 2.90. The molecular formula is C15H25N3O. The van der Waals surface area contributed by atoms with Gasteiger partial charge in [-0.1, -0.05) is 13.0 Å². The topological polar surface area (TPSA) is 48.4 Å². The summed E-state index contributed by atoms with van der Waals surface area (Å²) >= 11 is 0. The van der Waals surface area contributed by atoms with Crippen LogP contribution in [-0.2, 0) is 0 Å². The van der Waals surface area contributed by atoms with Crippen molar-refractivity contribution in [2.45, 2.75) is 45.3 Å². The fourth-order valence-corrected chi connectivity index (χ4v) is 2.52. The van der Waals surface area contributed by atoms with Crippen molar-refractivity contribution >= 4 is 5.82 Å². The molecule has 1 aliphatic rings. The van der Waals surface area contributed by atoms with E-state index in [2.05, 4.69) is 15.2 Å². The maximum atomic E-state index is 9.67. The zero-order chi connectivity index (χ0) is 13.7. The summed E-state index contributed by atoms with van der Waals surface area (Å²) in [5.74, 6) is 0.979. The molecule has 0 saturated carbocycles. The van der Waals surface area contributed by atoms with E-state index in [0.29, 0.717) is 6.04 Å². The molecule has 1 aromatic rings. The number of aromatic nitrogens is 1. The molecule has 4 nitrogen and oxygen atoms in total. The van der Waals surface area contributed by atoms with E-state index in [1.54, 1.807) is 0 Å². The zero-order valence-electron chi connectivity index (χ0n) is 12.0. The SMILES string of the molecule is CCC(O)CN1CCC(Nc2cccc(C)n2)CC1.